The van der Waals surface area contributed by atoms with Crippen LogP contribution < -0.4 is 5.73 Å². The molecule has 1 atom stereocenters. The van der Waals surface area contributed by atoms with E-state index in [9.17, 15) is 9.18 Å². The normalized spacial score (nSPS) is 12.3. The Morgan fingerprint density at radius 3 is 2.87 bits per heavy atom. The van der Waals surface area contributed by atoms with Crippen LogP contribution in [0.1, 0.15) is 18.0 Å². The standard InChI is InChI=1S/C10H11ClFNO2/c1-15-10(14)5-9(13)7-3-2-6(11)4-8(7)12/h2-4,9H,5,13H2,1H3. The molecule has 0 heterocycles. The van der Waals surface area contributed by atoms with Crippen molar-refractivity contribution in [1.29, 1.82) is 0 Å². The Labute approximate surface area is 92.0 Å². The van der Waals surface area contributed by atoms with E-state index >= 15 is 0 Å². The molecule has 0 aliphatic carbocycles. The van der Waals surface area contributed by atoms with Crippen molar-refractivity contribution in [2.24, 2.45) is 5.73 Å². The van der Waals surface area contributed by atoms with E-state index in [0.717, 1.165) is 6.07 Å². The van der Waals surface area contributed by atoms with Gasteiger partial charge < -0.3 is 10.5 Å². The van der Waals surface area contributed by atoms with Crippen molar-refractivity contribution in [3.8, 4) is 0 Å². The molecule has 0 aromatic heterocycles. The van der Waals surface area contributed by atoms with Gasteiger partial charge in [0.1, 0.15) is 5.82 Å². The molecule has 0 saturated heterocycles. The van der Waals surface area contributed by atoms with E-state index in [1.807, 2.05) is 0 Å². The number of hydrogen-bond acceptors (Lipinski definition) is 3. The van der Waals surface area contributed by atoms with Gasteiger partial charge in [0.05, 0.1) is 13.5 Å². The van der Waals surface area contributed by atoms with Gasteiger partial charge in [0.15, 0.2) is 0 Å². The maximum atomic E-state index is 13.3. The van der Waals surface area contributed by atoms with Crippen molar-refractivity contribution in [1.82, 2.24) is 0 Å². The number of rotatable bonds is 3. The Bertz CT molecular complexity index is 370. The number of esters is 1. The highest BCUT2D eigenvalue weighted by atomic mass is 35.5. The SMILES string of the molecule is COC(=O)CC(N)c1ccc(Cl)cc1F. The van der Waals surface area contributed by atoms with Crippen LogP contribution in [0.4, 0.5) is 4.39 Å². The predicted molar refractivity (Wildman–Crippen MR) is 55.0 cm³/mol. The van der Waals surface area contributed by atoms with Crippen LogP contribution in [0.5, 0.6) is 0 Å². The summed E-state index contributed by atoms with van der Waals surface area (Å²) in [5.74, 6) is -0.990. The highest BCUT2D eigenvalue weighted by molar-refractivity contribution is 6.30. The molecule has 0 fully saturated rings. The second kappa shape index (κ2) is 5.09. The zero-order chi connectivity index (χ0) is 11.4. The average Bonchev–Trinajstić information content (AvgIpc) is 2.17. The van der Waals surface area contributed by atoms with Crippen molar-refractivity contribution in [2.75, 3.05) is 7.11 Å². The first-order chi connectivity index (χ1) is 7.04. The summed E-state index contributed by atoms with van der Waals surface area (Å²) in [6.07, 6.45) is -0.0605. The topological polar surface area (TPSA) is 52.3 Å². The minimum absolute atomic E-state index is 0.0605. The Morgan fingerprint density at radius 1 is 1.67 bits per heavy atom. The molecule has 2 N–H and O–H groups in total. The molecule has 0 spiro atoms. The monoisotopic (exact) mass is 231 g/mol. The van der Waals surface area contributed by atoms with Crippen LogP contribution in [0.15, 0.2) is 18.2 Å². The molecule has 5 heteroatoms. The molecule has 0 radical (unpaired) electrons. The lowest BCUT2D eigenvalue weighted by Crippen LogP contribution is -2.17. The number of halogens is 2. The molecule has 0 saturated carbocycles. The summed E-state index contributed by atoms with van der Waals surface area (Å²) in [6, 6.07) is 3.44. The maximum absolute atomic E-state index is 13.3. The molecule has 0 amide bonds. The first kappa shape index (κ1) is 11.9. The maximum Gasteiger partial charge on any atom is 0.307 e. The van der Waals surface area contributed by atoms with Gasteiger partial charge in [0.2, 0.25) is 0 Å². The Hall–Kier alpha value is -1.13. The van der Waals surface area contributed by atoms with E-state index in [4.69, 9.17) is 17.3 Å². The third-order valence-corrected chi connectivity index (χ3v) is 2.21. The summed E-state index contributed by atoms with van der Waals surface area (Å²) in [5, 5.41) is 0.293. The summed E-state index contributed by atoms with van der Waals surface area (Å²) in [6.45, 7) is 0. The summed E-state index contributed by atoms with van der Waals surface area (Å²) in [7, 11) is 1.26. The van der Waals surface area contributed by atoms with Gasteiger partial charge in [0, 0.05) is 16.6 Å². The summed E-state index contributed by atoms with van der Waals surface area (Å²) < 4.78 is 17.8. The zero-order valence-electron chi connectivity index (χ0n) is 8.17. The van der Waals surface area contributed by atoms with Gasteiger partial charge in [-0.15, -0.1) is 0 Å². The molecule has 1 unspecified atom stereocenters. The van der Waals surface area contributed by atoms with Crippen LogP contribution >= 0.6 is 11.6 Å². The van der Waals surface area contributed by atoms with Gasteiger partial charge in [-0.3, -0.25) is 4.79 Å². The van der Waals surface area contributed by atoms with Crippen LogP contribution in [0.3, 0.4) is 0 Å². The Balaban J connectivity index is 2.82. The van der Waals surface area contributed by atoms with Gasteiger partial charge in [0.25, 0.3) is 0 Å². The summed E-state index contributed by atoms with van der Waals surface area (Å²) in [4.78, 5) is 10.9. The highest BCUT2D eigenvalue weighted by Gasteiger charge is 2.15. The molecule has 1 aromatic rings. The first-order valence-corrected chi connectivity index (χ1v) is 4.69. The lowest BCUT2D eigenvalue weighted by molar-refractivity contribution is -0.141. The minimum atomic E-state index is -0.713. The molecule has 0 aliphatic rings. The molecule has 0 bridgehead atoms. The lowest BCUT2D eigenvalue weighted by Gasteiger charge is -2.11. The van der Waals surface area contributed by atoms with Gasteiger partial charge in [-0.05, 0) is 12.1 Å². The summed E-state index contributed by atoms with van der Waals surface area (Å²) in [5.41, 5.74) is 5.89. The Morgan fingerprint density at radius 2 is 2.33 bits per heavy atom. The Kier molecular flexibility index (Phi) is 4.05. The van der Waals surface area contributed by atoms with Crippen molar-refractivity contribution >= 4 is 17.6 Å². The van der Waals surface area contributed by atoms with Gasteiger partial charge in [-0.2, -0.15) is 0 Å². The predicted octanol–water partition coefficient (Wildman–Crippen LogP) is 2.04. The first-order valence-electron chi connectivity index (χ1n) is 4.32. The van der Waals surface area contributed by atoms with Crippen molar-refractivity contribution in [2.45, 2.75) is 12.5 Å². The molecule has 0 aliphatic heterocycles. The highest BCUT2D eigenvalue weighted by Crippen LogP contribution is 2.21. The smallest absolute Gasteiger partial charge is 0.307 e. The fraction of sp³-hybridized carbons (Fsp3) is 0.300. The largest absolute Gasteiger partial charge is 0.469 e. The number of carbonyl (C=O) groups is 1. The van der Waals surface area contributed by atoms with Gasteiger partial charge in [-0.25, -0.2) is 4.39 Å². The number of nitrogens with two attached hydrogens (primary N) is 1. The molecular weight excluding hydrogens is 221 g/mol. The number of ether oxygens (including phenoxy) is 1. The molecular formula is C10H11ClFNO2. The molecule has 1 aromatic carbocycles. The summed E-state index contributed by atoms with van der Waals surface area (Å²) >= 11 is 5.58. The second-order valence-corrected chi connectivity index (χ2v) is 3.49. The molecule has 15 heavy (non-hydrogen) atoms. The quantitative estimate of drug-likeness (QED) is 0.810. The van der Waals surface area contributed by atoms with E-state index in [0.29, 0.717) is 5.02 Å². The number of benzene rings is 1. The van der Waals surface area contributed by atoms with Crippen LogP contribution in [0.25, 0.3) is 0 Å². The van der Waals surface area contributed by atoms with Crippen molar-refractivity contribution < 1.29 is 13.9 Å². The average molecular weight is 232 g/mol. The van der Waals surface area contributed by atoms with Crippen LogP contribution in [0, 0.1) is 5.82 Å². The van der Waals surface area contributed by atoms with Gasteiger partial charge in [-0.1, -0.05) is 17.7 Å². The molecule has 1 rings (SSSR count). The van der Waals surface area contributed by atoms with E-state index in [1.54, 1.807) is 0 Å². The molecule has 3 nitrogen and oxygen atoms in total. The zero-order valence-corrected chi connectivity index (χ0v) is 8.92. The van der Waals surface area contributed by atoms with Gasteiger partial charge >= 0.3 is 5.97 Å². The van der Waals surface area contributed by atoms with Crippen LogP contribution in [0.2, 0.25) is 5.02 Å². The third-order valence-electron chi connectivity index (χ3n) is 1.98. The second-order valence-electron chi connectivity index (χ2n) is 3.05. The van der Waals surface area contributed by atoms with E-state index in [-0.39, 0.29) is 12.0 Å². The van der Waals surface area contributed by atoms with Crippen molar-refractivity contribution in [3.05, 3.63) is 34.6 Å². The van der Waals surface area contributed by atoms with Crippen molar-refractivity contribution in [3.63, 3.8) is 0 Å². The number of hydrogen-bond donors (Lipinski definition) is 1. The number of carbonyl (C=O) groups excluding carboxylic acids is 1. The van der Waals surface area contributed by atoms with E-state index < -0.39 is 17.8 Å². The van der Waals surface area contributed by atoms with E-state index in [1.165, 1.54) is 19.2 Å². The fourth-order valence-corrected chi connectivity index (χ4v) is 1.33. The molecule has 82 valence electrons. The fourth-order valence-electron chi connectivity index (χ4n) is 1.18. The number of methoxy groups -OCH3 is 1. The lowest BCUT2D eigenvalue weighted by atomic mass is 10.0. The van der Waals surface area contributed by atoms with Crippen LogP contribution in [-0.2, 0) is 9.53 Å². The van der Waals surface area contributed by atoms with E-state index in [2.05, 4.69) is 4.74 Å². The van der Waals surface area contributed by atoms with Crippen LogP contribution in [-0.4, -0.2) is 13.1 Å². The minimum Gasteiger partial charge on any atom is -0.469 e. The third kappa shape index (κ3) is 3.18.